The van der Waals surface area contributed by atoms with E-state index in [-0.39, 0.29) is 11.3 Å². The number of Topliss-reactive ketones (excluding diaryl/α,β-unsaturated/α-hetero) is 1. The first-order valence-corrected chi connectivity index (χ1v) is 6.19. The summed E-state index contributed by atoms with van der Waals surface area (Å²) in [6.07, 6.45) is 0.971. The third-order valence-corrected chi connectivity index (χ3v) is 3.63. The predicted molar refractivity (Wildman–Crippen MR) is 69.2 cm³/mol. The number of rotatable bonds is 1. The van der Waals surface area contributed by atoms with Gasteiger partial charge in [-0.3, -0.25) is 4.79 Å². The lowest BCUT2D eigenvalue weighted by Crippen LogP contribution is -1.98. The molecule has 1 aliphatic carbocycles. The second-order valence-corrected chi connectivity index (χ2v) is 4.81. The van der Waals surface area contributed by atoms with Gasteiger partial charge in [-0.05, 0) is 36.1 Å². The summed E-state index contributed by atoms with van der Waals surface area (Å²) in [6, 6.07) is 7.77. The van der Waals surface area contributed by atoms with Crippen LogP contribution in [0.4, 0.5) is 8.78 Å². The summed E-state index contributed by atoms with van der Waals surface area (Å²) in [5.41, 5.74) is 2.24. The van der Waals surface area contributed by atoms with Crippen molar-refractivity contribution in [1.29, 1.82) is 0 Å². The minimum absolute atomic E-state index is 0.0217. The number of carbonyl (C=O) groups excluding carboxylic acids is 1. The van der Waals surface area contributed by atoms with E-state index >= 15 is 0 Å². The van der Waals surface area contributed by atoms with Gasteiger partial charge in [-0.25, -0.2) is 8.78 Å². The van der Waals surface area contributed by atoms with Gasteiger partial charge in [0.15, 0.2) is 5.78 Å². The Balaban J connectivity index is 2.31. The number of ketones is 1. The van der Waals surface area contributed by atoms with Gasteiger partial charge >= 0.3 is 0 Å². The summed E-state index contributed by atoms with van der Waals surface area (Å²) in [6.45, 7) is 1.60. The molecule has 19 heavy (non-hydrogen) atoms. The van der Waals surface area contributed by atoms with E-state index in [0.29, 0.717) is 29.5 Å². The maximum atomic E-state index is 14.2. The Morgan fingerprint density at radius 1 is 1.00 bits per heavy atom. The fourth-order valence-corrected chi connectivity index (χ4v) is 2.63. The average Bonchev–Trinajstić information content (AvgIpc) is 2.78. The number of carbonyl (C=O) groups is 1. The van der Waals surface area contributed by atoms with Crippen molar-refractivity contribution in [2.45, 2.75) is 19.8 Å². The highest BCUT2D eigenvalue weighted by Gasteiger charge is 2.25. The number of halogens is 2. The molecule has 0 aromatic heterocycles. The Morgan fingerprint density at radius 3 is 2.53 bits per heavy atom. The SMILES string of the molecule is Cc1ccc(F)c(-c2cccc3c2CCC3=O)c1F. The highest BCUT2D eigenvalue weighted by molar-refractivity contribution is 6.02. The molecule has 0 amide bonds. The van der Waals surface area contributed by atoms with Crippen LogP contribution < -0.4 is 0 Å². The van der Waals surface area contributed by atoms with Crippen LogP contribution in [0.15, 0.2) is 30.3 Å². The maximum Gasteiger partial charge on any atom is 0.163 e. The molecule has 0 N–H and O–H groups in total. The van der Waals surface area contributed by atoms with E-state index in [2.05, 4.69) is 0 Å². The van der Waals surface area contributed by atoms with Crippen molar-refractivity contribution in [1.82, 2.24) is 0 Å². The summed E-state index contributed by atoms with van der Waals surface area (Å²) in [5.74, 6) is -1.09. The summed E-state index contributed by atoms with van der Waals surface area (Å²) < 4.78 is 28.1. The first-order valence-electron chi connectivity index (χ1n) is 6.19. The van der Waals surface area contributed by atoms with Gasteiger partial charge in [0.25, 0.3) is 0 Å². The predicted octanol–water partition coefficient (Wildman–Crippen LogP) is 4.07. The molecule has 2 aromatic rings. The van der Waals surface area contributed by atoms with Crippen molar-refractivity contribution in [3.63, 3.8) is 0 Å². The van der Waals surface area contributed by atoms with Crippen LogP contribution >= 0.6 is 0 Å². The fourth-order valence-electron chi connectivity index (χ4n) is 2.63. The third-order valence-electron chi connectivity index (χ3n) is 3.63. The van der Waals surface area contributed by atoms with Gasteiger partial charge in [0.2, 0.25) is 0 Å². The molecule has 0 heterocycles. The molecule has 0 bridgehead atoms. The standard InChI is InChI=1S/C16H12F2O/c1-9-5-7-13(17)15(16(9)18)12-4-2-3-11-10(12)6-8-14(11)19/h2-5,7H,6,8H2,1H3. The molecular formula is C16H12F2O. The van der Waals surface area contributed by atoms with Gasteiger partial charge < -0.3 is 0 Å². The van der Waals surface area contributed by atoms with Gasteiger partial charge in [0, 0.05) is 12.0 Å². The molecule has 3 rings (SSSR count). The van der Waals surface area contributed by atoms with Crippen LogP contribution in [0.1, 0.15) is 27.9 Å². The Hall–Kier alpha value is -2.03. The van der Waals surface area contributed by atoms with Crippen LogP contribution in [-0.2, 0) is 6.42 Å². The first kappa shape index (κ1) is 12.0. The lowest BCUT2D eigenvalue weighted by Gasteiger charge is -2.11. The fraction of sp³-hybridized carbons (Fsp3) is 0.188. The van der Waals surface area contributed by atoms with E-state index in [1.165, 1.54) is 12.1 Å². The van der Waals surface area contributed by atoms with Crippen LogP contribution in [0.3, 0.4) is 0 Å². The molecule has 3 heteroatoms. The first-order chi connectivity index (χ1) is 9.09. The van der Waals surface area contributed by atoms with Gasteiger partial charge in [-0.1, -0.05) is 24.3 Å². The van der Waals surface area contributed by atoms with Crippen LogP contribution in [0.2, 0.25) is 0 Å². The van der Waals surface area contributed by atoms with Gasteiger partial charge in [-0.2, -0.15) is 0 Å². The number of aryl methyl sites for hydroxylation is 1. The smallest absolute Gasteiger partial charge is 0.163 e. The topological polar surface area (TPSA) is 17.1 Å². The van der Waals surface area contributed by atoms with E-state index in [4.69, 9.17) is 0 Å². The monoisotopic (exact) mass is 258 g/mol. The van der Waals surface area contributed by atoms with Gasteiger partial charge in [-0.15, -0.1) is 0 Å². The van der Waals surface area contributed by atoms with Crippen LogP contribution in [0.5, 0.6) is 0 Å². The van der Waals surface area contributed by atoms with E-state index in [9.17, 15) is 13.6 Å². The largest absolute Gasteiger partial charge is 0.294 e. The van der Waals surface area contributed by atoms with Crippen LogP contribution in [0, 0.1) is 18.6 Å². The third kappa shape index (κ3) is 1.77. The molecule has 0 atom stereocenters. The molecule has 0 unspecified atom stereocenters. The molecule has 0 radical (unpaired) electrons. The van der Waals surface area contributed by atoms with Crippen molar-refractivity contribution in [2.24, 2.45) is 0 Å². The molecule has 0 fully saturated rings. The van der Waals surface area contributed by atoms with Crippen molar-refractivity contribution >= 4 is 5.78 Å². The maximum absolute atomic E-state index is 14.2. The van der Waals surface area contributed by atoms with Crippen LogP contribution in [-0.4, -0.2) is 5.78 Å². The van der Waals surface area contributed by atoms with E-state index in [0.717, 1.165) is 5.56 Å². The van der Waals surface area contributed by atoms with Crippen molar-refractivity contribution in [3.05, 3.63) is 58.7 Å². The van der Waals surface area contributed by atoms with Crippen molar-refractivity contribution in [3.8, 4) is 11.1 Å². The molecule has 0 spiro atoms. The Bertz CT molecular complexity index is 689. The zero-order valence-corrected chi connectivity index (χ0v) is 10.5. The van der Waals surface area contributed by atoms with Crippen LogP contribution in [0.25, 0.3) is 11.1 Å². The number of fused-ring (bicyclic) bond motifs is 1. The minimum atomic E-state index is -0.587. The Labute approximate surface area is 109 Å². The van der Waals surface area contributed by atoms with Gasteiger partial charge in [0.05, 0.1) is 5.56 Å². The highest BCUT2D eigenvalue weighted by atomic mass is 19.1. The molecule has 0 aliphatic heterocycles. The summed E-state index contributed by atoms with van der Waals surface area (Å²) in [5, 5.41) is 0. The lowest BCUT2D eigenvalue weighted by atomic mass is 9.95. The normalized spacial score (nSPS) is 13.7. The Morgan fingerprint density at radius 2 is 1.74 bits per heavy atom. The number of hydrogen-bond donors (Lipinski definition) is 0. The molecule has 1 nitrogen and oxygen atoms in total. The van der Waals surface area contributed by atoms with E-state index in [1.54, 1.807) is 25.1 Å². The zero-order valence-electron chi connectivity index (χ0n) is 10.5. The molecule has 0 saturated heterocycles. The van der Waals surface area contributed by atoms with E-state index in [1.807, 2.05) is 0 Å². The highest BCUT2D eigenvalue weighted by Crippen LogP contribution is 2.35. The average molecular weight is 258 g/mol. The molecule has 96 valence electrons. The van der Waals surface area contributed by atoms with E-state index < -0.39 is 11.6 Å². The van der Waals surface area contributed by atoms with Gasteiger partial charge in [0.1, 0.15) is 11.6 Å². The second kappa shape index (κ2) is 4.26. The van der Waals surface area contributed by atoms with Crippen molar-refractivity contribution < 1.29 is 13.6 Å². The Kier molecular flexibility index (Phi) is 2.70. The second-order valence-electron chi connectivity index (χ2n) is 4.81. The molecule has 0 saturated carbocycles. The zero-order chi connectivity index (χ0) is 13.6. The molecule has 2 aromatic carbocycles. The van der Waals surface area contributed by atoms with Crippen molar-refractivity contribution in [2.75, 3.05) is 0 Å². The number of hydrogen-bond acceptors (Lipinski definition) is 1. The summed E-state index contributed by atoms with van der Waals surface area (Å²) >= 11 is 0. The summed E-state index contributed by atoms with van der Waals surface area (Å²) in [7, 11) is 0. The summed E-state index contributed by atoms with van der Waals surface area (Å²) in [4.78, 5) is 11.7. The quantitative estimate of drug-likeness (QED) is 0.753. The number of benzene rings is 2. The minimum Gasteiger partial charge on any atom is -0.294 e. The molecule has 1 aliphatic rings. The lowest BCUT2D eigenvalue weighted by molar-refractivity contribution is 0.0994. The molecular weight excluding hydrogens is 246 g/mol.